The van der Waals surface area contributed by atoms with E-state index in [1.54, 1.807) is 0 Å². The maximum absolute atomic E-state index is 3.60. The molecule has 0 aliphatic heterocycles. The zero-order valence-corrected chi connectivity index (χ0v) is 7.05. The molecule has 5 heavy (non-hydrogen) atoms. The Labute approximate surface area is 56.1 Å². The van der Waals surface area contributed by atoms with Crippen LogP contribution in [0.25, 0.3) is 0 Å². The van der Waals surface area contributed by atoms with Crippen LogP contribution < -0.4 is 0 Å². The van der Waals surface area contributed by atoms with Gasteiger partial charge in [0.25, 0.3) is 0 Å². The van der Waals surface area contributed by atoms with E-state index in [4.69, 9.17) is 0 Å². The third-order valence-corrected chi connectivity index (χ3v) is 0.354. The van der Waals surface area contributed by atoms with E-state index in [0.717, 1.165) is 6.42 Å². The van der Waals surface area contributed by atoms with Gasteiger partial charge in [-0.1, -0.05) is 26.7 Å². The largest absolute Gasteiger partial charge is 0.0654 e. The Hall–Kier alpha value is 0.883. The molecule has 0 bridgehead atoms. The molecule has 0 aliphatic rings. The van der Waals surface area contributed by atoms with E-state index in [0.29, 0.717) is 0 Å². The first-order valence-electron chi connectivity index (χ1n) is 1.71. The molecule has 0 saturated carbocycles. The topological polar surface area (TPSA) is 0 Å². The molecule has 0 aromatic heterocycles. The summed E-state index contributed by atoms with van der Waals surface area (Å²) in [7, 11) is 0. The molecule has 34 valence electrons. The second-order valence-corrected chi connectivity index (χ2v) is 0.854. The van der Waals surface area contributed by atoms with Gasteiger partial charge in [0.1, 0.15) is 0 Å². The second kappa shape index (κ2) is 8.86. The van der Waals surface area contributed by atoms with Crippen molar-refractivity contribution >= 4 is 26.2 Å². The van der Waals surface area contributed by atoms with Gasteiger partial charge in [-0.2, -0.15) is 0 Å². The smallest absolute Gasteiger partial charge is 0 e. The van der Waals surface area contributed by atoms with Crippen LogP contribution >= 0.6 is 0 Å². The first-order chi connectivity index (χ1) is 1.91. The van der Waals surface area contributed by atoms with Crippen molar-refractivity contribution in [3.05, 3.63) is 6.92 Å². The van der Waals surface area contributed by atoms with Crippen molar-refractivity contribution in [1.82, 2.24) is 0 Å². The molecule has 0 spiro atoms. The number of hydrogen-bond acceptors (Lipinski definition) is 0. The summed E-state index contributed by atoms with van der Waals surface area (Å²) in [5.41, 5.74) is 0. The first kappa shape index (κ1) is 9.30. The Morgan fingerprint density at radius 3 is 2.00 bits per heavy atom. The van der Waals surface area contributed by atoms with E-state index >= 15 is 0 Å². The fourth-order valence-electron chi connectivity index (χ4n) is 0. The zero-order chi connectivity index (χ0) is 3.41. The molecule has 1 heteroatoms. The van der Waals surface area contributed by atoms with Crippen LogP contribution in [-0.4, -0.2) is 26.2 Å². The number of unbranched alkanes of at least 4 members (excludes halogenated alkanes) is 1. The number of rotatable bonds is 1. The van der Waals surface area contributed by atoms with Crippen molar-refractivity contribution in [2.45, 2.75) is 19.8 Å². The van der Waals surface area contributed by atoms with E-state index < -0.39 is 0 Å². The Morgan fingerprint density at radius 1 is 1.80 bits per heavy atom. The molecular weight excluding hydrogens is 257 g/mol. The molecule has 0 heterocycles. The molecule has 0 N–H and O–H groups in total. The van der Waals surface area contributed by atoms with Crippen LogP contribution in [0.5, 0.6) is 0 Å². The summed E-state index contributed by atoms with van der Waals surface area (Å²) < 4.78 is 0. The van der Waals surface area contributed by atoms with Crippen LogP contribution in [0.4, 0.5) is 0 Å². The molecule has 0 fully saturated rings. The molecule has 0 aliphatic carbocycles. The minimum absolute atomic E-state index is 0. The van der Waals surface area contributed by atoms with Crippen LogP contribution in [0.15, 0.2) is 0 Å². The van der Waals surface area contributed by atoms with Crippen molar-refractivity contribution < 1.29 is 2.85 Å². The van der Waals surface area contributed by atoms with Gasteiger partial charge in [-0.3, -0.25) is 0 Å². The van der Waals surface area contributed by atoms with Gasteiger partial charge in [0.15, 0.2) is 0 Å². The Bertz CT molecular complexity index is 11.7. The van der Waals surface area contributed by atoms with Crippen molar-refractivity contribution in [2.75, 3.05) is 0 Å². The molecular formula is C4H13Bi. The fraction of sp³-hybridized carbons (Fsp3) is 0.750. The van der Waals surface area contributed by atoms with Gasteiger partial charge in [0, 0.05) is 29.1 Å². The third kappa shape index (κ3) is 11.4. The van der Waals surface area contributed by atoms with E-state index in [9.17, 15) is 0 Å². The zero-order valence-electron chi connectivity index (χ0n) is 3.57. The molecule has 0 nitrogen and oxygen atoms in total. The summed E-state index contributed by atoms with van der Waals surface area (Å²) in [6.45, 7) is 5.72. The standard InChI is InChI=1S/C4H9.Bi.2H2/c1-3-4-2;;;/h1,3-4H2,2H3;;2*1H. The summed E-state index contributed by atoms with van der Waals surface area (Å²) in [6.07, 6.45) is 2.28. The van der Waals surface area contributed by atoms with Gasteiger partial charge in [-0.15, -0.1) is 0 Å². The van der Waals surface area contributed by atoms with Gasteiger partial charge in [-0.25, -0.2) is 0 Å². The normalized spacial score (nSPS) is 6.00. The summed E-state index contributed by atoms with van der Waals surface area (Å²) in [6, 6.07) is 0. The first-order valence-corrected chi connectivity index (χ1v) is 1.71. The minimum atomic E-state index is 0. The van der Waals surface area contributed by atoms with E-state index in [2.05, 4.69) is 13.8 Å². The number of hydrogen-bond donors (Lipinski definition) is 0. The molecule has 0 aromatic carbocycles. The predicted molar refractivity (Wildman–Crippen MR) is 30.2 cm³/mol. The molecule has 0 atom stereocenters. The maximum atomic E-state index is 3.60. The fourth-order valence-corrected chi connectivity index (χ4v) is 0. The average Bonchev–Trinajstić information content (AvgIpc) is 1.37. The quantitative estimate of drug-likeness (QED) is 0.637. The summed E-state index contributed by atoms with van der Waals surface area (Å²) in [5.74, 6) is 0. The van der Waals surface area contributed by atoms with Crippen LogP contribution in [0.1, 0.15) is 22.6 Å². The Kier molecular flexibility index (Phi) is 16.5. The van der Waals surface area contributed by atoms with Crippen LogP contribution in [0, 0.1) is 6.92 Å². The molecule has 0 rings (SSSR count). The predicted octanol–water partition coefficient (Wildman–Crippen LogP) is 1.73. The van der Waals surface area contributed by atoms with E-state index in [-0.39, 0.29) is 29.1 Å². The summed E-state index contributed by atoms with van der Waals surface area (Å²) >= 11 is 0. The molecule has 0 amide bonds. The van der Waals surface area contributed by atoms with Gasteiger partial charge in [0.2, 0.25) is 0 Å². The monoisotopic (exact) mass is 270 g/mol. The Morgan fingerprint density at radius 2 is 2.00 bits per heavy atom. The SMILES string of the molecule is [Bi].[CH2]CCC.[HH].[HH]. The second-order valence-electron chi connectivity index (χ2n) is 0.854. The van der Waals surface area contributed by atoms with Crippen LogP contribution in [0.3, 0.4) is 0 Å². The average molecular weight is 270 g/mol. The minimum Gasteiger partial charge on any atom is -0.0654 e. The van der Waals surface area contributed by atoms with Gasteiger partial charge in [-0.05, 0) is 0 Å². The summed E-state index contributed by atoms with van der Waals surface area (Å²) in [4.78, 5) is 0. The van der Waals surface area contributed by atoms with E-state index in [1.165, 1.54) is 6.42 Å². The summed E-state index contributed by atoms with van der Waals surface area (Å²) in [5, 5.41) is 0. The van der Waals surface area contributed by atoms with Crippen LogP contribution in [0.2, 0.25) is 0 Å². The molecule has 0 unspecified atom stereocenters. The van der Waals surface area contributed by atoms with Crippen molar-refractivity contribution in [3.63, 3.8) is 0 Å². The van der Waals surface area contributed by atoms with Crippen molar-refractivity contribution in [3.8, 4) is 0 Å². The Balaban J connectivity index is -0.0000000150. The molecule has 4 radical (unpaired) electrons. The molecule has 0 aromatic rings. The van der Waals surface area contributed by atoms with Crippen molar-refractivity contribution in [1.29, 1.82) is 0 Å². The van der Waals surface area contributed by atoms with E-state index in [1.807, 2.05) is 0 Å². The third-order valence-electron chi connectivity index (χ3n) is 0.354. The van der Waals surface area contributed by atoms with Crippen molar-refractivity contribution in [2.24, 2.45) is 0 Å². The van der Waals surface area contributed by atoms with Crippen LogP contribution in [-0.2, 0) is 0 Å². The van der Waals surface area contributed by atoms with Gasteiger partial charge >= 0.3 is 0 Å². The maximum Gasteiger partial charge on any atom is 0 e. The van der Waals surface area contributed by atoms with Gasteiger partial charge < -0.3 is 0 Å². The van der Waals surface area contributed by atoms with Gasteiger partial charge in [0.05, 0.1) is 0 Å². The molecule has 0 saturated heterocycles.